The van der Waals surface area contributed by atoms with E-state index in [1.165, 1.54) is 6.33 Å². The van der Waals surface area contributed by atoms with Gasteiger partial charge in [-0.25, -0.2) is 9.97 Å². The molecule has 0 fully saturated rings. The van der Waals surface area contributed by atoms with Gasteiger partial charge in [-0.15, -0.1) is 0 Å². The third kappa shape index (κ3) is 4.51. The SMILES string of the molecule is O=C(O)CNc1cc(NCc2cccc(Br)c2)ncn1. The summed E-state index contributed by atoms with van der Waals surface area (Å²) in [6.45, 7) is 0.441. The van der Waals surface area contributed by atoms with Crippen LogP contribution in [0.1, 0.15) is 5.56 Å². The van der Waals surface area contributed by atoms with Gasteiger partial charge in [0, 0.05) is 17.1 Å². The molecular weight excluding hydrogens is 324 g/mol. The van der Waals surface area contributed by atoms with Crippen LogP contribution in [0, 0.1) is 0 Å². The molecule has 0 spiro atoms. The standard InChI is InChI=1S/C13H13BrN4O2/c14-10-3-1-2-9(4-10)6-15-11-5-12(18-8-17-11)16-7-13(19)20/h1-5,8H,6-7H2,(H,19,20)(H2,15,16,17,18). The second-order valence-electron chi connectivity index (χ2n) is 4.02. The third-order valence-electron chi connectivity index (χ3n) is 2.45. The van der Waals surface area contributed by atoms with Crippen molar-refractivity contribution in [1.82, 2.24) is 9.97 Å². The number of carboxylic acid groups (broad SMARTS) is 1. The lowest BCUT2D eigenvalue weighted by atomic mass is 10.2. The Morgan fingerprint density at radius 1 is 1.20 bits per heavy atom. The van der Waals surface area contributed by atoms with Gasteiger partial charge in [0.25, 0.3) is 0 Å². The minimum Gasteiger partial charge on any atom is -0.480 e. The van der Waals surface area contributed by atoms with Crippen molar-refractivity contribution in [2.75, 3.05) is 17.2 Å². The van der Waals surface area contributed by atoms with Crippen LogP contribution in [0.4, 0.5) is 11.6 Å². The van der Waals surface area contributed by atoms with E-state index in [1.807, 2.05) is 24.3 Å². The van der Waals surface area contributed by atoms with Gasteiger partial charge in [0.05, 0.1) is 0 Å². The normalized spacial score (nSPS) is 10.1. The van der Waals surface area contributed by atoms with Crippen molar-refractivity contribution in [1.29, 1.82) is 0 Å². The minimum atomic E-state index is -0.938. The molecule has 0 bridgehead atoms. The van der Waals surface area contributed by atoms with Gasteiger partial charge in [-0.2, -0.15) is 0 Å². The molecule has 7 heteroatoms. The summed E-state index contributed by atoms with van der Waals surface area (Å²) in [7, 11) is 0. The largest absolute Gasteiger partial charge is 0.480 e. The van der Waals surface area contributed by atoms with Crippen LogP contribution < -0.4 is 10.6 Å². The fourth-order valence-corrected chi connectivity index (χ4v) is 2.00. The smallest absolute Gasteiger partial charge is 0.322 e. The molecule has 0 aliphatic heterocycles. The summed E-state index contributed by atoms with van der Waals surface area (Å²) in [6, 6.07) is 9.60. The van der Waals surface area contributed by atoms with Gasteiger partial charge >= 0.3 is 5.97 Å². The number of carbonyl (C=O) groups is 1. The van der Waals surface area contributed by atoms with E-state index in [0.717, 1.165) is 10.0 Å². The summed E-state index contributed by atoms with van der Waals surface area (Å²) >= 11 is 3.42. The molecule has 0 radical (unpaired) electrons. The molecule has 0 atom stereocenters. The first kappa shape index (κ1) is 14.3. The van der Waals surface area contributed by atoms with Gasteiger partial charge in [-0.05, 0) is 17.7 Å². The van der Waals surface area contributed by atoms with Gasteiger partial charge < -0.3 is 15.7 Å². The number of anilines is 2. The first-order valence-electron chi connectivity index (χ1n) is 5.89. The van der Waals surface area contributed by atoms with Gasteiger partial charge in [0.1, 0.15) is 24.5 Å². The fraction of sp³-hybridized carbons (Fsp3) is 0.154. The zero-order valence-corrected chi connectivity index (χ0v) is 12.1. The highest BCUT2D eigenvalue weighted by Crippen LogP contribution is 2.14. The Labute approximate surface area is 124 Å². The maximum absolute atomic E-state index is 10.5. The Kier molecular flexibility index (Phi) is 4.89. The number of hydrogen-bond acceptors (Lipinski definition) is 5. The van der Waals surface area contributed by atoms with Crippen LogP contribution in [0.3, 0.4) is 0 Å². The molecule has 3 N–H and O–H groups in total. The van der Waals surface area contributed by atoms with Gasteiger partial charge in [0.2, 0.25) is 0 Å². The average molecular weight is 337 g/mol. The highest BCUT2D eigenvalue weighted by atomic mass is 79.9. The molecule has 2 aromatic rings. The molecule has 0 aliphatic carbocycles. The Hall–Kier alpha value is -2.15. The zero-order valence-electron chi connectivity index (χ0n) is 10.5. The van der Waals surface area contributed by atoms with Crippen molar-refractivity contribution < 1.29 is 9.90 Å². The van der Waals surface area contributed by atoms with Gasteiger partial charge in [-0.1, -0.05) is 28.1 Å². The van der Waals surface area contributed by atoms with Crippen LogP contribution in [0.25, 0.3) is 0 Å². The second-order valence-corrected chi connectivity index (χ2v) is 4.93. The van der Waals surface area contributed by atoms with E-state index >= 15 is 0 Å². The Morgan fingerprint density at radius 2 is 1.95 bits per heavy atom. The van der Waals surface area contributed by atoms with Gasteiger partial charge in [-0.3, -0.25) is 4.79 Å². The molecule has 0 amide bonds. The first-order chi connectivity index (χ1) is 9.63. The summed E-state index contributed by atoms with van der Waals surface area (Å²) in [5.41, 5.74) is 1.11. The molecule has 6 nitrogen and oxygen atoms in total. The molecule has 1 heterocycles. The van der Waals surface area contributed by atoms with Crippen LogP contribution in [0.15, 0.2) is 41.1 Å². The molecule has 0 saturated carbocycles. The minimum absolute atomic E-state index is 0.178. The molecule has 0 unspecified atom stereocenters. The van der Waals surface area contributed by atoms with Crippen molar-refractivity contribution >= 4 is 33.5 Å². The first-order valence-corrected chi connectivity index (χ1v) is 6.69. The summed E-state index contributed by atoms with van der Waals surface area (Å²) < 4.78 is 1.02. The Bertz CT molecular complexity index is 606. The predicted octanol–water partition coefficient (Wildman–Crippen LogP) is 2.35. The number of rotatable bonds is 6. The van der Waals surface area contributed by atoms with E-state index in [2.05, 4.69) is 36.5 Å². The van der Waals surface area contributed by atoms with E-state index in [-0.39, 0.29) is 6.54 Å². The lowest BCUT2D eigenvalue weighted by Crippen LogP contribution is -2.13. The quantitative estimate of drug-likeness (QED) is 0.750. The van der Waals surface area contributed by atoms with Crippen LogP contribution in [0.5, 0.6) is 0 Å². The monoisotopic (exact) mass is 336 g/mol. The number of aliphatic carboxylic acids is 1. The summed E-state index contributed by atoms with van der Waals surface area (Å²) in [5.74, 6) is 0.166. The summed E-state index contributed by atoms with van der Waals surface area (Å²) in [4.78, 5) is 18.5. The average Bonchev–Trinajstić information content (AvgIpc) is 2.43. The summed E-state index contributed by atoms with van der Waals surface area (Å²) in [6.07, 6.45) is 1.38. The molecule has 104 valence electrons. The van der Waals surface area contributed by atoms with E-state index in [1.54, 1.807) is 6.07 Å². The third-order valence-corrected chi connectivity index (χ3v) is 2.94. The zero-order chi connectivity index (χ0) is 14.4. The van der Waals surface area contributed by atoms with E-state index in [4.69, 9.17) is 5.11 Å². The molecule has 2 rings (SSSR count). The Morgan fingerprint density at radius 3 is 2.65 bits per heavy atom. The molecule has 0 saturated heterocycles. The number of halogens is 1. The van der Waals surface area contributed by atoms with Gasteiger partial charge in [0.15, 0.2) is 0 Å². The number of nitrogens with one attached hydrogen (secondary N) is 2. The molecule has 0 aliphatic rings. The van der Waals surface area contributed by atoms with Crippen molar-refractivity contribution in [3.8, 4) is 0 Å². The molecule has 1 aromatic heterocycles. The second kappa shape index (κ2) is 6.85. The van der Waals surface area contributed by atoms with Crippen LogP contribution in [0.2, 0.25) is 0 Å². The Balaban J connectivity index is 1.95. The van der Waals surface area contributed by atoms with Crippen molar-refractivity contribution in [3.05, 3.63) is 46.7 Å². The number of aromatic nitrogens is 2. The highest BCUT2D eigenvalue weighted by molar-refractivity contribution is 9.10. The number of hydrogen-bond donors (Lipinski definition) is 3. The maximum Gasteiger partial charge on any atom is 0.322 e. The van der Waals surface area contributed by atoms with E-state index < -0.39 is 5.97 Å². The number of nitrogens with zero attached hydrogens (tertiary/aromatic N) is 2. The highest BCUT2D eigenvalue weighted by Gasteiger charge is 2.01. The number of carboxylic acids is 1. The maximum atomic E-state index is 10.5. The van der Waals surface area contributed by atoms with Crippen LogP contribution >= 0.6 is 15.9 Å². The fourth-order valence-electron chi connectivity index (χ4n) is 1.56. The van der Waals surface area contributed by atoms with Crippen LogP contribution in [-0.2, 0) is 11.3 Å². The van der Waals surface area contributed by atoms with Crippen LogP contribution in [-0.4, -0.2) is 27.6 Å². The van der Waals surface area contributed by atoms with Crippen molar-refractivity contribution in [3.63, 3.8) is 0 Å². The number of benzene rings is 1. The predicted molar refractivity (Wildman–Crippen MR) is 79.6 cm³/mol. The summed E-state index contributed by atoms with van der Waals surface area (Å²) in [5, 5.41) is 14.4. The van der Waals surface area contributed by atoms with Crippen molar-refractivity contribution in [2.45, 2.75) is 6.54 Å². The lowest BCUT2D eigenvalue weighted by Gasteiger charge is -2.08. The van der Waals surface area contributed by atoms with Crippen molar-refractivity contribution in [2.24, 2.45) is 0 Å². The van der Waals surface area contributed by atoms with E-state index in [9.17, 15) is 4.79 Å². The molecular formula is C13H13BrN4O2. The topological polar surface area (TPSA) is 87.1 Å². The molecule has 1 aromatic carbocycles. The molecule has 20 heavy (non-hydrogen) atoms. The van der Waals surface area contributed by atoms with E-state index in [0.29, 0.717) is 18.2 Å². The lowest BCUT2D eigenvalue weighted by molar-refractivity contribution is -0.134.